The summed E-state index contributed by atoms with van der Waals surface area (Å²) in [4.78, 5) is 14.2. The molecule has 0 aliphatic heterocycles. The molecule has 100 valence electrons. The van der Waals surface area contributed by atoms with E-state index in [9.17, 15) is 4.79 Å². The molecule has 0 unspecified atom stereocenters. The Labute approximate surface area is 115 Å². The Morgan fingerprint density at radius 1 is 1.26 bits per heavy atom. The van der Waals surface area contributed by atoms with E-state index < -0.39 is 0 Å². The molecule has 2 heteroatoms. The van der Waals surface area contributed by atoms with Gasteiger partial charge in [-0.3, -0.25) is 4.79 Å². The fraction of sp³-hybridized carbons (Fsp3) is 0.353. The third-order valence-corrected chi connectivity index (χ3v) is 3.41. The normalized spacial score (nSPS) is 14.7. The van der Waals surface area contributed by atoms with Gasteiger partial charge in [-0.2, -0.15) is 0 Å². The maximum atomic E-state index is 12.3. The zero-order chi connectivity index (χ0) is 13.7. The van der Waals surface area contributed by atoms with Gasteiger partial charge in [0.2, 0.25) is 0 Å². The van der Waals surface area contributed by atoms with Crippen molar-refractivity contribution in [3.63, 3.8) is 0 Å². The van der Waals surface area contributed by atoms with E-state index in [0.29, 0.717) is 12.1 Å². The highest BCUT2D eigenvalue weighted by Gasteiger charge is 2.20. The summed E-state index contributed by atoms with van der Waals surface area (Å²) in [6.07, 6.45) is 6.66. The summed E-state index contributed by atoms with van der Waals surface area (Å²) < 4.78 is 0. The second-order valence-corrected chi connectivity index (χ2v) is 5.10. The van der Waals surface area contributed by atoms with Gasteiger partial charge in [0.25, 0.3) is 5.91 Å². The van der Waals surface area contributed by atoms with Gasteiger partial charge in [0.1, 0.15) is 0 Å². The number of nitrogens with zero attached hydrogens (tertiary/aromatic N) is 1. The van der Waals surface area contributed by atoms with Crippen molar-refractivity contribution in [2.45, 2.75) is 39.2 Å². The van der Waals surface area contributed by atoms with E-state index in [4.69, 9.17) is 0 Å². The maximum Gasteiger partial charge on any atom is 0.253 e. The molecule has 2 nitrogen and oxygen atoms in total. The smallest absolute Gasteiger partial charge is 0.253 e. The number of carbonyl (C=O) groups is 1. The van der Waals surface area contributed by atoms with Gasteiger partial charge in [-0.15, -0.1) is 0 Å². The molecule has 0 spiro atoms. The lowest BCUT2D eigenvalue weighted by Gasteiger charge is -2.28. The standard InChI is InChI=1S/C17H21NO/c1-14(2)17(19)18(16-11-7-4-8-12-16)13-15-9-5-3-6-10-15/h3,5-6,9-11H,1,4,7-8,12-13H2,2H3. The summed E-state index contributed by atoms with van der Waals surface area (Å²) >= 11 is 0. The second-order valence-electron chi connectivity index (χ2n) is 5.10. The molecular weight excluding hydrogens is 234 g/mol. The molecule has 1 amide bonds. The van der Waals surface area contributed by atoms with E-state index in [2.05, 4.69) is 24.8 Å². The third kappa shape index (κ3) is 3.57. The largest absolute Gasteiger partial charge is 0.308 e. The van der Waals surface area contributed by atoms with Crippen LogP contribution in [0.1, 0.15) is 38.2 Å². The monoisotopic (exact) mass is 255 g/mol. The van der Waals surface area contributed by atoms with Gasteiger partial charge in [-0.25, -0.2) is 0 Å². The Kier molecular flexibility index (Phi) is 4.56. The summed E-state index contributed by atoms with van der Waals surface area (Å²) in [7, 11) is 0. The van der Waals surface area contributed by atoms with Crippen LogP contribution in [0.25, 0.3) is 0 Å². The van der Waals surface area contributed by atoms with Crippen LogP contribution in [0.15, 0.2) is 54.3 Å². The minimum atomic E-state index is 0.0389. The molecule has 0 heterocycles. The number of carbonyl (C=O) groups excluding carboxylic acids is 1. The molecule has 0 fully saturated rings. The van der Waals surface area contributed by atoms with Crippen LogP contribution in [0, 0.1) is 0 Å². The second kappa shape index (κ2) is 6.37. The molecule has 0 saturated heterocycles. The van der Waals surface area contributed by atoms with E-state index in [-0.39, 0.29) is 5.91 Å². The van der Waals surface area contributed by atoms with Crippen molar-refractivity contribution in [2.75, 3.05) is 0 Å². The highest BCUT2D eigenvalue weighted by atomic mass is 16.2. The number of benzene rings is 1. The summed E-state index contributed by atoms with van der Waals surface area (Å²) in [6.45, 7) is 6.21. The number of allylic oxidation sites excluding steroid dienone is 2. The van der Waals surface area contributed by atoms with Gasteiger partial charge in [0.05, 0.1) is 6.54 Å². The van der Waals surface area contributed by atoms with Crippen LogP contribution >= 0.6 is 0 Å². The number of hydrogen-bond donors (Lipinski definition) is 0. The first-order valence-electron chi connectivity index (χ1n) is 6.89. The minimum absolute atomic E-state index is 0.0389. The zero-order valence-corrected chi connectivity index (χ0v) is 11.6. The molecule has 0 radical (unpaired) electrons. The fourth-order valence-corrected chi connectivity index (χ4v) is 2.37. The molecule has 1 aromatic rings. The van der Waals surface area contributed by atoms with Crippen LogP contribution in [0.4, 0.5) is 0 Å². The van der Waals surface area contributed by atoms with Crippen LogP contribution in [-0.4, -0.2) is 10.8 Å². The number of amides is 1. The van der Waals surface area contributed by atoms with E-state index in [0.717, 1.165) is 24.1 Å². The first-order chi connectivity index (χ1) is 9.18. The summed E-state index contributed by atoms with van der Waals surface area (Å²) in [5.41, 5.74) is 2.91. The molecule has 0 aromatic heterocycles. The van der Waals surface area contributed by atoms with Gasteiger partial charge >= 0.3 is 0 Å². The number of rotatable bonds is 4. The zero-order valence-electron chi connectivity index (χ0n) is 11.6. The lowest BCUT2D eigenvalue weighted by atomic mass is 10.0. The molecule has 0 atom stereocenters. The van der Waals surface area contributed by atoms with Crippen molar-refractivity contribution in [1.82, 2.24) is 4.90 Å². The Balaban J connectivity index is 2.21. The van der Waals surface area contributed by atoms with E-state index in [1.807, 2.05) is 23.1 Å². The summed E-state index contributed by atoms with van der Waals surface area (Å²) in [6, 6.07) is 10.1. The number of hydrogen-bond acceptors (Lipinski definition) is 1. The van der Waals surface area contributed by atoms with Crippen molar-refractivity contribution < 1.29 is 4.79 Å². The lowest BCUT2D eigenvalue weighted by Crippen LogP contribution is -2.31. The molecule has 1 aliphatic rings. The molecule has 0 N–H and O–H groups in total. The van der Waals surface area contributed by atoms with Crippen molar-refractivity contribution in [3.8, 4) is 0 Å². The topological polar surface area (TPSA) is 20.3 Å². The van der Waals surface area contributed by atoms with Gasteiger partial charge in [0.15, 0.2) is 0 Å². The van der Waals surface area contributed by atoms with Gasteiger partial charge in [-0.1, -0.05) is 43.0 Å². The van der Waals surface area contributed by atoms with Crippen LogP contribution in [0.5, 0.6) is 0 Å². The highest BCUT2D eigenvalue weighted by Crippen LogP contribution is 2.24. The predicted molar refractivity (Wildman–Crippen MR) is 78.4 cm³/mol. The van der Waals surface area contributed by atoms with Gasteiger partial charge in [-0.05, 0) is 38.2 Å². The Morgan fingerprint density at radius 3 is 2.58 bits per heavy atom. The first kappa shape index (κ1) is 13.6. The average Bonchev–Trinajstić information content (AvgIpc) is 2.46. The van der Waals surface area contributed by atoms with Crippen LogP contribution in [0.3, 0.4) is 0 Å². The third-order valence-electron chi connectivity index (χ3n) is 3.41. The molecule has 0 bridgehead atoms. The summed E-state index contributed by atoms with van der Waals surface area (Å²) in [5.74, 6) is 0.0389. The Bertz CT molecular complexity index is 487. The van der Waals surface area contributed by atoms with Crippen LogP contribution in [0.2, 0.25) is 0 Å². The SMILES string of the molecule is C=C(C)C(=O)N(Cc1ccccc1)C1=CCCCC1. The molecular formula is C17H21NO. The van der Waals surface area contributed by atoms with Crippen LogP contribution < -0.4 is 0 Å². The highest BCUT2D eigenvalue weighted by molar-refractivity contribution is 5.93. The van der Waals surface area contributed by atoms with Crippen molar-refractivity contribution in [3.05, 3.63) is 59.8 Å². The first-order valence-corrected chi connectivity index (χ1v) is 6.89. The molecule has 0 saturated carbocycles. The Hall–Kier alpha value is -1.83. The van der Waals surface area contributed by atoms with E-state index in [1.54, 1.807) is 6.92 Å². The lowest BCUT2D eigenvalue weighted by molar-refractivity contribution is -0.125. The quantitative estimate of drug-likeness (QED) is 0.743. The van der Waals surface area contributed by atoms with Crippen molar-refractivity contribution in [2.24, 2.45) is 0 Å². The van der Waals surface area contributed by atoms with Crippen molar-refractivity contribution >= 4 is 5.91 Å². The molecule has 1 aliphatic carbocycles. The summed E-state index contributed by atoms with van der Waals surface area (Å²) in [5, 5.41) is 0. The molecule has 2 rings (SSSR count). The molecule has 1 aromatic carbocycles. The van der Waals surface area contributed by atoms with E-state index >= 15 is 0 Å². The van der Waals surface area contributed by atoms with Gasteiger partial charge in [0, 0.05) is 11.3 Å². The van der Waals surface area contributed by atoms with Crippen LogP contribution in [-0.2, 0) is 11.3 Å². The maximum absolute atomic E-state index is 12.3. The van der Waals surface area contributed by atoms with E-state index in [1.165, 1.54) is 12.8 Å². The minimum Gasteiger partial charge on any atom is -0.308 e. The van der Waals surface area contributed by atoms with Crippen molar-refractivity contribution in [1.29, 1.82) is 0 Å². The Morgan fingerprint density at radius 2 is 2.00 bits per heavy atom. The fourth-order valence-electron chi connectivity index (χ4n) is 2.37. The van der Waals surface area contributed by atoms with Gasteiger partial charge < -0.3 is 4.90 Å². The average molecular weight is 255 g/mol. The predicted octanol–water partition coefficient (Wildman–Crippen LogP) is 4.05. The molecule has 19 heavy (non-hydrogen) atoms.